The highest BCUT2D eigenvalue weighted by atomic mass is 16.4. The molecule has 0 spiro atoms. The minimum absolute atomic E-state index is 0.178. The number of rotatable bonds is 7. The molecule has 0 aromatic heterocycles. The highest BCUT2D eigenvalue weighted by Gasteiger charge is 2.28. The van der Waals surface area contributed by atoms with Crippen LogP contribution < -0.4 is 11.1 Å². The molecule has 6 heteroatoms. The summed E-state index contributed by atoms with van der Waals surface area (Å²) in [4.78, 5) is 23.2. The lowest BCUT2D eigenvalue weighted by atomic mass is 9.96. The van der Waals surface area contributed by atoms with E-state index in [0.717, 1.165) is 5.56 Å². The van der Waals surface area contributed by atoms with Crippen LogP contribution >= 0.6 is 0 Å². The molecule has 1 rings (SSSR count). The average molecular weight is 294 g/mol. The smallest absolute Gasteiger partial charge is 0.326 e. The van der Waals surface area contributed by atoms with Gasteiger partial charge in [-0.1, -0.05) is 37.3 Å². The second-order valence-corrected chi connectivity index (χ2v) is 5.21. The number of nitrogens with two attached hydrogens (primary N) is 1. The van der Waals surface area contributed by atoms with Gasteiger partial charge in [-0.2, -0.15) is 0 Å². The van der Waals surface area contributed by atoms with Crippen LogP contribution in [0.15, 0.2) is 30.3 Å². The zero-order valence-electron chi connectivity index (χ0n) is 12.2. The van der Waals surface area contributed by atoms with Gasteiger partial charge in [0.05, 0.1) is 12.1 Å². The molecule has 1 aromatic rings. The normalized spacial score (nSPS) is 16.6. The van der Waals surface area contributed by atoms with Gasteiger partial charge in [0.15, 0.2) is 0 Å². The quantitative estimate of drug-likeness (QED) is 0.571. The van der Waals surface area contributed by atoms with Gasteiger partial charge in [0.1, 0.15) is 6.04 Å². The van der Waals surface area contributed by atoms with E-state index in [-0.39, 0.29) is 6.42 Å². The third-order valence-electron chi connectivity index (χ3n) is 3.53. The van der Waals surface area contributed by atoms with Gasteiger partial charge in [-0.15, -0.1) is 0 Å². The van der Waals surface area contributed by atoms with E-state index in [1.807, 2.05) is 6.07 Å². The number of carbonyl (C=O) groups is 2. The van der Waals surface area contributed by atoms with Crippen molar-refractivity contribution in [2.24, 2.45) is 11.7 Å². The minimum Gasteiger partial charge on any atom is -0.480 e. The lowest BCUT2D eigenvalue weighted by Crippen LogP contribution is -2.53. The molecule has 0 aliphatic carbocycles. The molecule has 4 atom stereocenters. The number of aliphatic hydroxyl groups excluding tert-OH is 1. The maximum absolute atomic E-state index is 12.0. The Hall–Kier alpha value is -1.92. The number of benzene rings is 1. The molecule has 5 N–H and O–H groups in total. The van der Waals surface area contributed by atoms with Crippen LogP contribution in [0.5, 0.6) is 0 Å². The molecule has 116 valence electrons. The molecule has 6 nitrogen and oxygen atoms in total. The summed E-state index contributed by atoms with van der Waals surface area (Å²) in [5.74, 6) is -2.16. The molecule has 1 aromatic carbocycles. The Bertz CT molecular complexity index is 476. The van der Waals surface area contributed by atoms with Crippen LogP contribution in [-0.2, 0) is 16.0 Å². The summed E-state index contributed by atoms with van der Waals surface area (Å²) >= 11 is 0. The lowest BCUT2D eigenvalue weighted by Gasteiger charge is -2.23. The molecule has 0 fully saturated rings. The molecule has 0 radical (unpaired) electrons. The van der Waals surface area contributed by atoms with Crippen molar-refractivity contribution < 1.29 is 19.8 Å². The van der Waals surface area contributed by atoms with Gasteiger partial charge in [0.25, 0.3) is 0 Å². The highest BCUT2D eigenvalue weighted by molar-refractivity contribution is 5.87. The molecule has 0 heterocycles. The Labute approximate surface area is 124 Å². The molecule has 0 aliphatic heterocycles. The van der Waals surface area contributed by atoms with Gasteiger partial charge in [0.2, 0.25) is 5.91 Å². The topological polar surface area (TPSA) is 113 Å². The molecular formula is C15H22N2O4. The van der Waals surface area contributed by atoms with Gasteiger partial charge >= 0.3 is 5.97 Å². The van der Waals surface area contributed by atoms with Gasteiger partial charge in [0, 0.05) is 12.3 Å². The van der Waals surface area contributed by atoms with E-state index in [1.54, 1.807) is 31.2 Å². The largest absolute Gasteiger partial charge is 0.480 e. The first-order chi connectivity index (χ1) is 9.82. The van der Waals surface area contributed by atoms with Gasteiger partial charge in [-0.05, 0) is 12.5 Å². The standard InChI is InChI=1S/C15H22N2O4/c1-9(10(2)18)13(16)14(19)17-12(15(20)21)8-11-6-4-3-5-7-11/h3-7,9-10,12-13,18H,8,16H2,1-2H3,(H,17,19)(H,20,21)/t9-,10-,12?,13-/m0/s1. The van der Waals surface area contributed by atoms with Crippen molar-refractivity contribution in [1.29, 1.82) is 0 Å². The van der Waals surface area contributed by atoms with Crippen molar-refractivity contribution in [3.05, 3.63) is 35.9 Å². The number of carboxylic acid groups (broad SMARTS) is 1. The molecule has 0 saturated carbocycles. The molecule has 0 saturated heterocycles. The van der Waals surface area contributed by atoms with Crippen LogP contribution in [0.1, 0.15) is 19.4 Å². The number of nitrogens with one attached hydrogen (secondary N) is 1. The Kier molecular flexibility index (Phi) is 6.33. The summed E-state index contributed by atoms with van der Waals surface area (Å²) in [6.45, 7) is 3.18. The van der Waals surface area contributed by atoms with E-state index in [2.05, 4.69) is 5.32 Å². The second-order valence-electron chi connectivity index (χ2n) is 5.21. The number of hydrogen-bond acceptors (Lipinski definition) is 4. The summed E-state index contributed by atoms with van der Waals surface area (Å²) in [6, 6.07) is 7.02. The third kappa shape index (κ3) is 5.17. The monoisotopic (exact) mass is 294 g/mol. The highest BCUT2D eigenvalue weighted by Crippen LogP contribution is 2.08. The van der Waals surface area contributed by atoms with E-state index in [4.69, 9.17) is 5.73 Å². The summed E-state index contributed by atoms with van der Waals surface area (Å²) in [7, 11) is 0. The number of amides is 1. The van der Waals surface area contributed by atoms with Crippen molar-refractivity contribution in [3.8, 4) is 0 Å². The van der Waals surface area contributed by atoms with Crippen LogP contribution in [0.3, 0.4) is 0 Å². The fourth-order valence-electron chi connectivity index (χ4n) is 1.86. The maximum Gasteiger partial charge on any atom is 0.326 e. The third-order valence-corrected chi connectivity index (χ3v) is 3.53. The summed E-state index contributed by atoms with van der Waals surface area (Å²) in [6.07, 6.45) is -0.569. The van der Waals surface area contributed by atoms with Crippen molar-refractivity contribution in [3.63, 3.8) is 0 Å². The van der Waals surface area contributed by atoms with Gasteiger partial charge < -0.3 is 21.3 Å². The van der Waals surface area contributed by atoms with Crippen LogP contribution in [0.2, 0.25) is 0 Å². The van der Waals surface area contributed by atoms with Crippen molar-refractivity contribution in [1.82, 2.24) is 5.32 Å². The molecule has 0 bridgehead atoms. The Morgan fingerprint density at radius 2 is 1.81 bits per heavy atom. The number of aliphatic hydroxyl groups is 1. The molecule has 21 heavy (non-hydrogen) atoms. The van der Waals surface area contributed by atoms with E-state index in [0.29, 0.717) is 0 Å². The maximum atomic E-state index is 12.0. The first kappa shape index (κ1) is 17.1. The first-order valence-electron chi connectivity index (χ1n) is 6.83. The second kappa shape index (κ2) is 7.75. The van der Waals surface area contributed by atoms with Crippen LogP contribution in [0.4, 0.5) is 0 Å². The Morgan fingerprint density at radius 3 is 2.29 bits per heavy atom. The summed E-state index contributed by atoms with van der Waals surface area (Å²) in [5, 5.41) is 21.1. The van der Waals surface area contributed by atoms with Crippen LogP contribution in [0, 0.1) is 5.92 Å². The number of carboxylic acids is 1. The molecule has 1 amide bonds. The average Bonchev–Trinajstić information content (AvgIpc) is 2.45. The summed E-state index contributed by atoms with van der Waals surface area (Å²) in [5.41, 5.74) is 6.55. The Morgan fingerprint density at radius 1 is 1.24 bits per heavy atom. The van der Waals surface area contributed by atoms with E-state index in [9.17, 15) is 19.8 Å². The molecule has 0 aliphatic rings. The number of aliphatic carboxylic acids is 1. The molecular weight excluding hydrogens is 272 g/mol. The van der Waals surface area contributed by atoms with E-state index >= 15 is 0 Å². The van der Waals surface area contributed by atoms with Crippen molar-refractivity contribution >= 4 is 11.9 Å². The zero-order valence-corrected chi connectivity index (χ0v) is 12.2. The van der Waals surface area contributed by atoms with Crippen LogP contribution in [0.25, 0.3) is 0 Å². The molecule has 1 unspecified atom stereocenters. The SMILES string of the molecule is C[C@@H]([C@H](C)O)[C@H](N)C(=O)NC(Cc1ccccc1)C(=O)O. The number of carbonyl (C=O) groups excluding carboxylic acids is 1. The fourth-order valence-corrected chi connectivity index (χ4v) is 1.86. The fraction of sp³-hybridized carbons (Fsp3) is 0.467. The number of hydrogen-bond donors (Lipinski definition) is 4. The van der Waals surface area contributed by atoms with Crippen molar-refractivity contribution in [2.75, 3.05) is 0 Å². The predicted octanol–water partition coefficient (Wildman–Crippen LogP) is 0.143. The lowest BCUT2D eigenvalue weighted by molar-refractivity contribution is -0.142. The predicted molar refractivity (Wildman–Crippen MR) is 78.5 cm³/mol. The van der Waals surface area contributed by atoms with E-state index in [1.165, 1.54) is 6.92 Å². The van der Waals surface area contributed by atoms with Crippen molar-refractivity contribution in [2.45, 2.75) is 38.5 Å². The van der Waals surface area contributed by atoms with Gasteiger partial charge in [-0.3, -0.25) is 4.79 Å². The summed E-state index contributed by atoms with van der Waals surface area (Å²) < 4.78 is 0. The zero-order chi connectivity index (χ0) is 16.0. The minimum atomic E-state index is -1.12. The van der Waals surface area contributed by atoms with Gasteiger partial charge in [-0.25, -0.2) is 4.79 Å². The van der Waals surface area contributed by atoms with E-state index < -0.39 is 36.0 Å². The van der Waals surface area contributed by atoms with Crippen LogP contribution in [-0.4, -0.2) is 40.3 Å². The Balaban J connectivity index is 2.71. The first-order valence-corrected chi connectivity index (χ1v) is 6.83.